The van der Waals surface area contributed by atoms with Crippen LogP contribution < -0.4 is 4.90 Å². The van der Waals surface area contributed by atoms with Gasteiger partial charge in [-0.15, -0.1) is 0 Å². The van der Waals surface area contributed by atoms with Crippen LogP contribution in [0.4, 0.5) is 5.13 Å². The Balaban J connectivity index is 1.80. The number of hydrogen-bond acceptors (Lipinski definition) is 7. The maximum atomic E-state index is 12.6. The minimum atomic E-state index is -1.13. The van der Waals surface area contributed by atoms with Gasteiger partial charge in [-0.25, -0.2) is 9.78 Å². The fourth-order valence-corrected chi connectivity index (χ4v) is 6.14. The Morgan fingerprint density at radius 2 is 2.06 bits per heavy atom. The lowest BCUT2D eigenvalue weighted by Crippen LogP contribution is -2.34. The van der Waals surface area contributed by atoms with E-state index in [1.54, 1.807) is 11.3 Å². The van der Waals surface area contributed by atoms with E-state index >= 15 is 0 Å². The smallest absolute Gasteiger partial charge is 0.337 e. The summed E-state index contributed by atoms with van der Waals surface area (Å²) in [5, 5.41) is 11.2. The molecule has 1 aromatic heterocycles. The van der Waals surface area contributed by atoms with Crippen LogP contribution in [0.1, 0.15) is 50.0 Å². The number of carboxylic acid groups (broad SMARTS) is 1. The number of benzene rings is 1. The fraction of sp³-hybridized carbons (Fsp3) is 0.444. The van der Waals surface area contributed by atoms with Crippen molar-refractivity contribution in [3.05, 3.63) is 52.3 Å². The Bertz CT molecular complexity index is 1330. The van der Waals surface area contributed by atoms with E-state index in [1.807, 2.05) is 71.1 Å². The number of allylic oxidation sites excluding steroid dienone is 3. The molecule has 1 N–H and O–H groups in total. The average molecular weight is 494 g/mol. The second-order valence-electron chi connectivity index (χ2n) is 10.4. The summed E-state index contributed by atoms with van der Waals surface area (Å²) in [6, 6.07) is 1.79. The van der Waals surface area contributed by atoms with Crippen LogP contribution in [0.25, 0.3) is 15.8 Å². The number of rotatable bonds is 5. The van der Waals surface area contributed by atoms with Gasteiger partial charge in [0.25, 0.3) is 0 Å². The van der Waals surface area contributed by atoms with Crippen molar-refractivity contribution in [3.63, 3.8) is 0 Å². The van der Waals surface area contributed by atoms with Gasteiger partial charge < -0.3 is 19.5 Å². The molecule has 8 heteroatoms. The van der Waals surface area contributed by atoms with Crippen LogP contribution in [-0.4, -0.2) is 54.6 Å². The summed E-state index contributed by atoms with van der Waals surface area (Å²) < 4.78 is 13.1. The predicted molar refractivity (Wildman–Crippen MR) is 140 cm³/mol. The van der Waals surface area contributed by atoms with Crippen molar-refractivity contribution in [1.29, 1.82) is 0 Å². The maximum absolute atomic E-state index is 12.6. The largest absolute Gasteiger partial charge is 0.497 e. The van der Waals surface area contributed by atoms with Gasteiger partial charge in [-0.1, -0.05) is 23.0 Å². The van der Waals surface area contributed by atoms with Gasteiger partial charge in [0.2, 0.25) is 0 Å². The van der Waals surface area contributed by atoms with Crippen molar-refractivity contribution in [3.8, 4) is 0 Å². The number of dihydropyridines is 1. The number of aliphatic imine (C=N–C) groups is 1. The number of hydrogen-bond donors (Lipinski definition) is 1. The summed E-state index contributed by atoms with van der Waals surface area (Å²) in [4.78, 5) is 24.3. The Morgan fingerprint density at radius 3 is 2.74 bits per heavy atom. The number of aryl methyl sites for hydroxylation is 1. The van der Waals surface area contributed by atoms with Gasteiger partial charge in [0.1, 0.15) is 5.76 Å². The molecular weight excluding hydrogens is 462 g/mol. The first-order chi connectivity index (χ1) is 16.5. The second kappa shape index (κ2) is 8.60. The van der Waals surface area contributed by atoms with Crippen molar-refractivity contribution in [2.24, 2.45) is 10.9 Å². The molecule has 0 spiro atoms. The molecule has 1 aliphatic carbocycles. The molecule has 0 radical (unpaired) electrons. The quantitative estimate of drug-likeness (QED) is 0.608. The first-order valence-electron chi connectivity index (χ1n) is 11.8. The molecule has 1 saturated heterocycles. The number of carboxylic acids is 1. The van der Waals surface area contributed by atoms with E-state index in [1.165, 1.54) is 5.57 Å². The number of thiazole rings is 1. The lowest BCUT2D eigenvalue weighted by atomic mass is 9.75. The highest BCUT2D eigenvalue weighted by molar-refractivity contribution is 7.22. The summed E-state index contributed by atoms with van der Waals surface area (Å²) in [5.74, 6) is -0.0508. The lowest BCUT2D eigenvalue weighted by molar-refractivity contribution is -0.160. The molecule has 3 aliphatic rings. The molecule has 35 heavy (non-hydrogen) atoms. The van der Waals surface area contributed by atoms with Crippen LogP contribution in [0.3, 0.4) is 0 Å². The third kappa shape index (κ3) is 4.19. The standard InChI is InChI=1S/C27H31N3O4S/c1-14-13-17-24(35-26(29-17)30(5)6)21(19(14)23(25(31)32)34-27(2,3)4)16-7-8-18-20-15(10-12-33-18)9-11-28-22(16)20/h7-9,11,13,20,22-23H,10,12H2,1-6H3,(H,31,32)/t20-,22?,23-/m0/s1. The number of carbonyl (C=O) groups is 1. The van der Waals surface area contributed by atoms with Gasteiger partial charge in [0.05, 0.1) is 34.4 Å². The van der Waals surface area contributed by atoms with Crippen LogP contribution in [0.15, 0.2) is 40.6 Å². The highest BCUT2D eigenvalue weighted by Gasteiger charge is 2.41. The zero-order valence-corrected chi connectivity index (χ0v) is 21.8. The van der Waals surface area contributed by atoms with Crippen molar-refractivity contribution in [2.75, 3.05) is 25.6 Å². The highest BCUT2D eigenvalue weighted by atomic mass is 32.1. The van der Waals surface area contributed by atoms with Gasteiger partial charge in [-0.05, 0) is 57.0 Å². The van der Waals surface area contributed by atoms with E-state index in [0.29, 0.717) is 12.2 Å². The van der Waals surface area contributed by atoms with Gasteiger partial charge in [-0.2, -0.15) is 0 Å². The van der Waals surface area contributed by atoms with Crippen LogP contribution >= 0.6 is 11.3 Å². The molecule has 1 aromatic carbocycles. The van der Waals surface area contributed by atoms with Gasteiger partial charge in [0.15, 0.2) is 11.2 Å². The molecule has 1 unspecified atom stereocenters. The van der Waals surface area contributed by atoms with Crippen molar-refractivity contribution in [1.82, 2.24) is 4.98 Å². The van der Waals surface area contributed by atoms with Crippen LogP contribution in [0, 0.1) is 12.8 Å². The van der Waals surface area contributed by atoms with Crippen LogP contribution in [0.5, 0.6) is 0 Å². The minimum absolute atomic E-state index is 0.0326. The molecule has 2 aromatic rings. The van der Waals surface area contributed by atoms with E-state index in [2.05, 4.69) is 6.08 Å². The van der Waals surface area contributed by atoms with Crippen molar-refractivity contribution >= 4 is 44.4 Å². The first kappa shape index (κ1) is 23.8. The van der Waals surface area contributed by atoms with Crippen LogP contribution in [-0.2, 0) is 14.3 Å². The lowest BCUT2D eigenvalue weighted by Gasteiger charge is -2.38. The molecule has 0 amide bonds. The normalized spacial score (nSPS) is 22.1. The minimum Gasteiger partial charge on any atom is -0.497 e. The molecule has 0 bridgehead atoms. The SMILES string of the molecule is Cc1cc2nc(N(C)C)sc2c(C2=CC=C3OCCC4=CC=NC2[C@@H]43)c1[C@H](OC(C)(C)C)C(=O)O. The van der Waals surface area contributed by atoms with Crippen molar-refractivity contribution < 1.29 is 19.4 Å². The van der Waals surface area contributed by atoms with Crippen LogP contribution in [0.2, 0.25) is 0 Å². The molecule has 1 fully saturated rings. The second-order valence-corrected chi connectivity index (χ2v) is 11.4. The molecule has 0 saturated carbocycles. The fourth-order valence-electron chi connectivity index (χ4n) is 5.09. The van der Waals surface area contributed by atoms with Gasteiger partial charge >= 0.3 is 5.97 Å². The Hall–Kier alpha value is -2.97. The molecule has 3 heterocycles. The number of anilines is 1. The number of fused-ring (bicyclic) bond motifs is 1. The molecule has 3 atom stereocenters. The van der Waals surface area contributed by atoms with Gasteiger partial charge in [0, 0.05) is 37.9 Å². The first-order valence-corrected chi connectivity index (χ1v) is 12.7. The summed E-state index contributed by atoms with van der Waals surface area (Å²) >= 11 is 1.56. The molecular formula is C27H31N3O4S. The molecule has 7 nitrogen and oxygen atoms in total. The third-order valence-electron chi connectivity index (χ3n) is 6.51. The van der Waals surface area contributed by atoms with Gasteiger partial charge in [-0.3, -0.25) is 4.99 Å². The maximum Gasteiger partial charge on any atom is 0.337 e. The third-order valence-corrected chi connectivity index (χ3v) is 7.76. The summed E-state index contributed by atoms with van der Waals surface area (Å²) in [6.07, 6.45) is 7.78. The highest BCUT2D eigenvalue weighted by Crippen LogP contribution is 2.48. The van der Waals surface area contributed by atoms with E-state index < -0.39 is 17.7 Å². The van der Waals surface area contributed by atoms with E-state index in [9.17, 15) is 9.90 Å². The predicted octanol–water partition coefficient (Wildman–Crippen LogP) is 5.31. The summed E-state index contributed by atoms with van der Waals surface area (Å²) in [7, 11) is 3.93. The van der Waals surface area contributed by atoms with E-state index in [0.717, 1.165) is 44.2 Å². The number of ether oxygens (including phenoxy) is 2. The Morgan fingerprint density at radius 1 is 1.29 bits per heavy atom. The Labute approximate surface area is 209 Å². The zero-order chi connectivity index (χ0) is 25.1. The summed E-state index contributed by atoms with van der Waals surface area (Å²) in [5.41, 5.74) is 4.86. The average Bonchev–Trinajstić information content (AvgIpc) is 3.21. The Kier molecular flexibility index (Phi) is 5.84. The number of aromatic nitrogens is 1. The topological polar surface area (TPSA) is 84.3 Å². The molecule has 184 valence electrons. The molecule has 2 aliphatic heterocycles. The van der Waals surface area contributed by atoms with E-state index in [4.69, 9.17) is 19.5 Å². The number of nitrogens with zero attached hydrogens (tertiary/aromatic N) is 3. The van der Waals surface area contributed by atoms with E-state index in [-0.39, 0.29) is 12.0 Å². The van der Waals surface area contributed by atoms with Crippen molar-refractivity contribution in [2.45, 2.75) is 51.9 Å². The number of aliphatic carboxylic acids is 1. The monoisotopic (exact) mass is 493 g/mol. The zero-order valence-electron chi connectivity index (χ0n) is 21.0. The molecule has 5 rings (SSSR count). The summed E-state index contributed by atoms with van der Waals surface area (Å²) in [6.45, 7) is 8.25.